The molecule has 0 aromatic heterocycles. The Labute approximate surface area is 190 Å². The zero-order valence-corrected chi connectivity index (χ0v) is 18.7. The van der Waals surface area contributed by atoms with Crippen LogP contribution in [-0.2, 0) is 0 Å². The molecular formula is C27H30N2O3. The zero-order chi connectivity index (χ0) is 22.3. The lowest BCUT2D eigenvalue weighted by Crippen LogP contribution is -2.49. The van der Waals surface area contributed by atoms with E-state index >= 15 is 0 Å². The maximum absolute atomic E-state index is 13.2. The highest BCUT2D eigenvalue weighted by Gasteiger charge is 2.28. The van der Waals surface area contributed by atoms with Crippen molar-refractivity contribution in [3.05, 3.63) is 95.6 Å². The van der Waals surface area contributed by atoms with Crippen LogP contribution >= 0.6 is 0 Å². The summed E-state index contributed by atoms with van der Waals surface area (Å²) >= 11 is 0. The number of ether oxygens (including phenoxy) is 2. The standard InChI is InChI=1S/C27H30N2O3/c1-3-32-24-15-14-23(20-25(24)31-2)27(30)29-18-16-28(17-19-29)26(21-10-6-4-7-11-21)22-12-8-5-9-13-22/h4-15,20,26H,3,16-19H2,1-2H3. The largest absolute Gasteiger partial charge is 0.493 e. The molecule has 1 aliphatic rings. The van der Waals surface area contributed by atoms with Crippen molar-refractivity contribution >= 4 is 5.91 Å². The summed E-state index contributed by atoms with van der Waals surface area (Å²) in [5.41, 5.74) is 3.17. The average Bonchev–Trinajstić information content (AvgIpc) is 2.86. The van der Waals surface area contributed by atoms with Crippen LogP contribution in [0.15, 0.2) is 78.9 Å². The Kier molecular flexibility index (Phi) is 7.07. The van der Waals surface area contributed by atoms with Gasteiger partial charge in [0.1, 0.15) is 0 Å². The fraction of sp³-hybridized carbons (Fsp3) is 0.296. The Balaban J connectivity index is 1.48. The first-order valence-electron chi connectivity index (χ1n) is 11.1. The summed E-state index contributed by atoms with van der Waals surface area (Å²) in [6, 6.07) is 26.8. The topological polar surface area (TPSA) is 42.0 Å². The van der Waals surface area contributed by atoms with Gasteiger partial charge in [-0.3, -0.25) is 9.69 Å². The normalized spacial score (nSPS) is 14.4. The summed E-state index contributed by atoms with van der Waals surface area (Å²) in [5.74, 6) is 1.27. The molecule has 4 rings (SSSR count). The van der Waals surface area contributed by atoms with E-state index in [1.165, 1.54) is 11.1 Å². The summed E-state index contributed by atoms with van der Waals surface area (Å²) in [5, 5.41) is 0. The lowest BCUT2D eigenvalue weighted by atomic mass is 9.96. The summed E-state index contributed by atoms with van der Waals surface area (Å²) in [7, 11) is 1.60. The van der Waals surface area contributed by atoms with Gasteiger partial charge in [-0.25, -0.2) is 0 Å². The first-order valence-corrected chi connectivity index (χ1v) is 11.1. The molecule has 0 aliphatic carbocycles. The van der Waals surface area contributed by atoms with Gasteiger partial charge in [-0.05, 0) is 36.2 Å². The second-order valence-electron chi connectivity index (χ2n) is 7.85. The van der Waals surface area contributed by atoms with Gasteiger partial charge >= 0.3 is 0 Å². The van der Waals surface area contributed by atoms with Gasteiger partial charge in [0.25, 0.3) is 5.91 Å². The molecule has 1 heterocycles. The van der Waals surface area contributed by atoms with Gasteiger partial charge in [0.2, 0.25) is 0 Å². The van der Waals surface area contributed by atoms with Crippen LogP contribution in [-0.4, -0.2) is 55.6 Å². The molecule has 1 fully saturated rings. The highest BCUT2D eigenvalue weighted by molar-refractivity contribution is 5.95. The molecule has 0 atom stereocenters. The molecule has 0 bridgehead atoms. The van der Waals surface area contributed by atoms with Gasteiger partial charge in [0.15, 0.2) is 11.5 Å². The number of rotatable bonds is 7. The van der Waals surface area contributed by atoms with Crippen LogP contribution in [0.1, 0.15) is 34.5 Å². The smallest absolute Gasteiger partial charge is 0.254 e. The van der Waals surface area contributed by atoms with Crippen LogP contribution in [0, 0.1) is 0 Å². The van der Waals surface area contributed by atoms with E-state index in [2.05, 4.69) is 53.4 Å². The van der Waals surface area contributed by atoms with Crippen molar-refractivity contribution in [3.63, 3.8) is 0 Å². The Morgan fingerprint density at radius 2 is 1.44 bits per heavy atom. The number of carbonyl (C=O) groups is 1. The number of hydrogen-bond acceptors (Lipinski definition) is 4. The Morgan fingerprint density at radius 3 is 1.97 bits per heavy atom. The van der Waals surface area contributed by atoms with E-state index < -0.39 is 0 Å². The van der Waals surface area contributed by atoms with Gasteiger partial charge in [-0.15, -0.1) is 0 Å². The predicted octanol–water partition coefficient (Wildman–Crippen LogP) is 4.64. The van der Waals surface area contributed by atoms with Crippen molar-refractivity contribution in [2.45, 2.75) is 13.0 Å². The van der Waals surface area contributed by atoms with Crippen molar-refractivity contribution in [2.75, 3.05) is 39.9 Å². The van der Waals surface area contributed by atoms with E-state index in [-0.39, 0.29) is 11.9 Å². The molecule has 5 nitrogen and oxygen atoms in total. The number of methoxy groups -OCH3 is 1. The fourth-order valence-electron chi connectivity index (χ4n) is 4.33. The number of hydrogen-bond donors (Lipinski definition) is 0. The molecular weight excluding hydrogens is 400 g/mol. The Morgan fingerprint density at radius 1 is 0.844 bits per heavy atom. The van der Waals surface area contributed by atoms with Crippen molar-refractivity contribution in [3.8, 4) is 11.5 Å². The van der Waals surface area contributed by atoms with E-state index in [1.807, 2.05) is 36.1 Å². The molecule has 1 amide bonds. The maximum atomic E-state index is 13.2. The summed E-state index contributed by atoms with van der Waals surface area (Å²) in [4.78, 5) is 17.6. The first-order chi connectivity index (χ1) is 15.7. The van der Waals surface area contributed by atoms with Gasteiger partial charge in [-0.2, -0.15) is 0 Å². The van der Waals surface area contributed by atoms with Crippen LogP contribution in [0.25, 0.3) is 0 Å². The van der Waals surface area contributed by atoms with Crippen LogP contribution in [0.4, 0.5) is 0 Å². The van der Waals surface area contributed by atoms with Crippen LogP contribution in [0.3, 0.4) is 0 Å². The molecule has 0 saturated carbocycles. The third-order valence-electron chi connectivity index (χ3n) is 5.91. The van der Waals surface area contributed by atoms with Crippen LogP contribution in [0.5, 0.6) is 11.5 Å². The molecule has 32 heavy (non-hydrogen) atoms. The van der Waals surface area contributed by atoms with Crippen molar-refractivity contribution in [1.29, 1.82) is 0 Å². The first kappa shape index (κ1) is 21.9. The Hall–Kier alpha value is -3.31. The van der Waals surface area contributed by atoms with E-state index in [9.17, 15) is 4.79 Å². The molecule has 3 aromatic rings. The van der Waals surface area contributed by atoms with Crippen LogP contribution in [0.2, 0.25) is 0 Å². The minimum absolute atomic E-state index is 0.0296. The minimum atomic E-state index is 0.0296. The molecule has 166 valence electrons. The lowest BCUT2D eigenvalue weighted by Gasteiger charge is -2.39. The van der Waals surface area contributed by atoms with Gasteiger partial charge in [0.05, 0.1) is 19.8 Å². The van der Waals surface area contributed by atoms with E-state index in [0.29, 0.717) is 36.8 Å². The van der Waals surface area contributed by atoms with Gasteiger partial charge in [0, 0.05) is 31.7 Å². The van der Waals surface area contributed by atoms with Crippen LogP contribution < -0.4 is 9.47 Å². The molecule has 1 saturated heterocycles. The zero-order valence-electron chi connectivity index (χ0n) is 18.7. The summed E-state index contributed by atoms with van der Waals surface area (Å²) < 4.78 is 11.0. The van der Waals surface area contributed by atoms with Crippen molar-refractivity contribution in [1.82, 2.24) is 9.80 Å². The quantitative estimate of drug-likeness (QED) is 0.548. The number of nitrogens with zero attached hydrogens (tertiary/aromatic N) is 2. The molecule has 0 N–H and O–H groups in total. The minimum Gasteiger partial charge on any atom is -0.493 e. The van der Waals surface area contributed by atoms with E-state index in [0.717, 1.165) is 13.1 Å². The molecule has 5 heteroatoms. The van der Waals surface area contributed by atoms with E-state index in [1.54, 1.807) is 13.2 Å². The SMILES string of the molecule is CCOc1ccc(C(=O)N2CCN(C(c3ccccc3)c3ccccc3)CC2)cc1OC. The average molecular weight is 431 g/mol. The second-order valence-corrected chi connectivity index (χ2v) is 7.85. The molecule has 0 unspecified atom stereocenters. The van der Waals surface area contributed by atoms with Crippen molar-refractivity contribution in [2.24, 2.45) is 0 Å². The highest BCUT2D eigenvalue weighted by Crippen LogP contribution is 2.31. The molecule has 3 aromatic carbocycles. The number of benzene rings is 3. The summed E-state index contributed by atoms with van der Waals surface area (Å²) in [6.07, 6.45) is 0. The lowest BCUT2D eigenvalue weighted by molar-refractivity contribution is 0.0597. The number of amides is 1. The highest BCUT2D eigenvalue weighted by atomic mass is 16.5. The third kappa shape index (κ3) is 4.78. The fourth-order valence-corrected chi connectivity index (χ4v) is 4.33. The summed E-state index contributed by atoms with van der Waals surface area (Å²) in [6.45, 7) is 5.48. The second kappa shape index (κ2) is 10.3. The maximum Gasteiger partial charge on any atom is 0.254 e. The predicted molar refractivity (Wildman–Crippen MR) is 126 cm³/mol. The number of carbonyl (C=O) groups excluding carboxylic acids is 1. The molecule has 1 aliphatic heterocycles. The third-order valence-corrected chi connectivity index (χ3v) is 5.91. The molecule has 0 radical (unpaired) electrons. The molecule has 0 spiro atoms. The van der Waals surface area contributed by atoms with Crippen molar-refractivity contribution < 1.29 is 14.3 Å². The monoisotopic (exact) mass is 430 g/mol. The van der Waals surface area contributed by atoms with Gasteiger partial charge < -0.3 is 14.4 Å². The van der Waals surface area contributed by atoms with E-state index in [4.69, 9.17) is 9.47 Å². The number of piperazine rings is 1. The Bertz CT molecular complexity index is 976. The van der Waals surface area contributed by atoms with Gasteiger partial charge in [-0.1, -0.05) is 60.7 Å².